The van der Waals surface area contributed by atoms with Crippen LogP contribution in [0.15, 0.2) is 48.5 Å². The Morgan fingerprint density at radius 3 is 2.46 bits per heavy atom. The Labute approximate surface area is 217 Å². The van der Waals surface area contributed by atoms with Crippen molar-refractivity contribution in [3.63, 3.8) is 0 Å². The maximum Gasteiger partial charge on any atom is 0.268 e. The van der Waals surface area contributed by atoms with E-state index in [1.807, 2.05) is 55.5 Å². The van der Waals surface area contributed by atoms with E-state index in [1.54, 1.807) is 14.2 Å². The molecule has 1 atom stereocenters. The zero-order valence-corrected chi connectivity index (χ0v) is 22.0. The van der Waals surface area contributed by atoms with Gasteiger partial charge in [-0.15, -0.1) is 0 Å². The SMILES string of the molecule is COc1cccc2c(C(=O)N[C@@H](Cc3ccccc3)C(=O)N(C)OC)c(C)n(CCN3CCOCC3)c12. The number of methoxy groups -OCH3 is 1. The number of likely N-dealkylation sites (N-methyl/N-ethyl adjacent to an activating group) is 1. The van der Waals surface area contributed by atoms with Crippen LogP contribution >= 0.6 is 0 Å². The molecule has 2 amide bonds. The molecule has 0 spiro atoms. The number of benzene rings is 2. The van der Waals surface area contributed by atoms with Crippen molar-refractivity contribution in [3.8, 4) is 5.75 Å². The first-order valence-electron chi connectivity index (χ1n) is 12.6. The lowest BCUT2D eigenvalue weighted by Crippen LogP contribution is -2.48. The summed E-state index contributed by atoms with van der Waals surface area (Å²) in [4.78, 5) is 34.4. The van der Waals surface area contributed by atoms with Gasteiger partial charge in [0, 0.05) is 50.7 Å². The first-order valence-corrected chi connectivity index (χ1v) is 12.6. The molecule has 9 nitrogen and oxygen atoms in total. The third kappa shape index (κ3) is 5.95. The number of amides is 2. The molecule has 198 valence electrons. The van der Waals surface area contributed by atoms with E-state index in [2.05, 4.69) is 14.8 Å². The fourth-order valence-electron chi connectivity index (χ4n) is 4.89. The summed E-state index contributed by atoms with van der Waals surface area (Å²) in [6.45, 7) is 6.72. The average Bonchev–Trinajstić information content (AvgIpc) is 3.22. The van der Waals surface area contributed by atoms with Crippen molar-refractivity contribution in [2.45, 2.75) is 25.9 Å². The molecule has 1 aliphatic rings. The third-order valence-corrected chi connectivity index (χ3v) is 6.97. The smallest absolute Gasteiger partial charge is 0.268 e. The van der Waals surface area contributed by atoms with Crippen LogP contribution in [-0.4, -0.2) is 86.5 Å². The molecule has 9 heteroatoms. The van der Waals surface area contributed by atoms with Crippen LogP contribution in [-0.2, 0) is 27.3 Å². The van der Waals surface area contributed by atoms with Crippen LogP contribution in [0.25, 0.3) is 10.9 Å². The summed E-state index contributed by atoms with van der Waals surface area (Å²) in [6.07, 6.45) is 0.344. The molecule has 1 fully saturated rings. The van der Waals surface area contributed by atoms with Gasteiger partial charge in [-0.25, -0.2) is 5.06 Å². The van der Waals surface area contributed by atoms with E-state index in [1.165, 1.54) is 7.11 Å². The Bertz CT molecular complexity index is 1220. The van der Waals surface area contributed by atoms with Gasteiger partial charge in [0.05, 0.1) is 38.5 Å². The van der Waals surface area contributed by atoms with Crippen LogP contribution in [0, 0.1) is 6.92 Å². The Morgan fingerprint density at radius 2 is 1.78 bits per heavy atom. The number of aromatic nitrogens is 1. The van der Waals surface area contributed by atoms with Crippen molar-refractivity contribution >= 4 is 22.7 Å². The quantitative estimate of drug-likeness (QED) is 0.424. The van der Waals surface area contributed by atoms with Crippen LogP contribution in [0.3, 0.4) is 0 Å². The summed E-state index contributed by atoms with van der Waals surface area (Å²) in [5.41, 5.74) is 3.19. The standard InChI is InChI=1S/C28H36N4O5/c1-20-25(27(33)29-23(28(34)30(2)36-4)19-21-9-6-5-7-10-21)22-11-8-12-24(35-3)26(22)32(20)14-13-31-15-17-37-18-16-31/h5-12,23H,13-19H2,1-4H3,(H,29,33)/t23-/m0/s1. The van der Waals surface area contributed by atoms with Gasteiger partial charge >= 0.3 is 0 Å². The Morgan fingerprint density at radius 1 is 1.05 bits per heavy atom. The highest BCUT2D eigenvalue weighted by atomic mass is 16.7. The topological polar surface area (TPSA) is 85.3 Å². The predicted molar refractivity (Wildman–Crippen MR) is 142 cm³/mol. The molecule has 0 unspecified atom stereocenters. The number of fused-ring (bicyclic) bond motifs is 1. The van der Waals surface area contributed by atoms with Crippen LogP contribution in [0.4, 0.5) is 0 Å². The maximum atomic E-state index is 13.8. The molecule has 1 saturated heterocycles. The molecule has 4 rings (SSSR count). The number of para-hydroxylation sites is 1. The first-order chi connectivity index (χ1) is 17.9. The molecule has 3 aromatic rings. The largest absolute Gasteiger partial charge is 0.495 e. The molecule has 2 heterocycles. The summed E-state index contributed by atoms with van der Waals surface area (Å²) in [7, 11) is 4.61. The minimum atomic E-state index is -0.795. The average molecular weight is 509 g/mol. The van der Waals surface area contributed by atoms with Gasteiger partial charge in [0.2, 0.25) is 0 Å². The van der Waals surface area contributed by atoms with E-state index >= 15 is 0 Å². The van der Waals surface area contributed by atoms with Gasteiger partial charge in [0.1, 0.15) is 11.8 Å². The van der Waals surface area contributed by atoms with Crippen molar-refractivity contribution in [2.24, 2.45) is 0 Å². The first kappa shape index (κ1) is 26.7. The van der Waals surface area contributed by atoms with Gasteiger partial charge in [-0.2, -0.15) is 0 Å². The van der Waals surface area contributed by atoms with Crippen LogP contribution in [0.1, 0.15) is 21.6 Å². The van der Waals surface area contributed by atoms with E-state index in [4.69, 9.17) is 14.3 Å². The number of nitrogens with zero attached hydrogens (tertiary/aromatic N) is 3. The number of hydrogen-bond acceptors (Lipinski definition) is 6. The number of carbonyl (C=O) groups is 2. The van der Waals surface area contributed by atoms with Crippen LogP contribution < -0.4 is 10.1 Å². The summed E-state index contributed by atoms with van der Waals surface area (Å²) in [6, 6.07) is 14.5. The molecule has 1 N–H and O–H groups in total. The highest BCUT2D eigenvalue weighted by Gasteiger charge is 2.29. The molecule has 2 aromatic carbocycles. The third-order valence-electron chi connectivity index (χ3n) is 6.97. The Balaban J connectivity index is 1.67. The predicted octanol–water partition coefficient (Wildman–Crippen LogP) is 2.65. The van der Waals surface area contributed by atoms with Gasteiger partial charge in [-0.3, -0.25) is 19.3 Å². The second-order valence-corrected chi connectivity index (χ2v) is 9.16. The second-order valence-electron chi connectivity index (χ2n) is 9.16. The van der Waals surface area contributed by atoms with Crippen molar-refractivity contribution in [3.05, 3.63) is 65.4 Å². The number of nitrogens with one attached hydrogen (secondary N) is 1. The van der Waals surface area contributed by atoms with Gasteiger partial charge in [0.15, 0.2) is 0 Å². The number of ether oxygens (including phenoxy) is 2. The number of hydrogen-bond donors (Lipinski definition) is 1. The van der Waals surface area contributed by atoms with Crippen molar-refractivity contribution < 1.29 is 23.9 Å². The maximum absolute atomic E-state index is 13.8. The Hall–Kier alpha value is -3.40. The monoisotopic (exact) mass is 508 g/mol. The number of hydroxylamine groups is 2. The van der Waals surface area contributed by atoms with Crippen molar-refractivity contribution in [2.75, 3.05) is 54.1 Å². The minimum Gasteiger partial charge on any atom is -0.495 e. The molecule has 37 heavy (non-hydrogen) atoms. The summed E-state index contributed by atoms with van der Waals surface area (Å²) in [5.74, 6) is 0.0725. The van der Waals surface area contributed by atoms with Gasteiger partial charge in [-0.05, 0) is 18.6 Å². The van der Waals surface area contributed by atoms with Gasteiger partial charge in [0.25, 0.3) is 11.8 Å². The Kier molecular flexibility index (Phi) is 8.81. The molecule has 0 saturated carbocycles. The zero-order chi connectivity index (χ0) is 26.4. The van der Waals surface area contributed by atoms with Crippen LogP contribution in [0.2, 0.25) is 0 Å². The lowest BCUT2D eigenvalue weighted by atomic mass is 10.0. The fraction of sp³-hybridized carbons (Fsp3) is 0.429. The lowest BCUT2D eigenvalue weighted by molar-refractivity contribution is -0.170. The van der Waals surface area contributed by atoms with Crippen molar-refractivity contribution in [1.29, 1.82) is 0 Å². The van der Waals surface area contributed by atoms with E-state index in [9.17, 15) is 9.59 Å². The molecular formula is C28H36N4O5. The van der Waals surface area contributed by atoms with E-state index in [-0.39, 0.29) is 11.8 Å². The highest BCUT2D eigenvalue weighted by Crippen LogP contribution is 2.33. The molecular weight excluding hydrogens is 472 g/mol. The van der Waals surface area contributed by atoms with Crippen molar-refractivity contribution in [1.82, 2.24) is 19.8 Å². The minimum absolute atomic E-state index is 0.306. The number of rotatable bonds is 10. The summed E-state index contributed by atoms with van der Waals surface area (Å²) < 4.78 is 13.3. The second kappa shape index (κ2) is 12.2. The van der Waals surface area contributed by atoms with E-state index < -0.39 is 6.04 Å². The van der Waals surface area contributed by atoms with Gasteiger partial charge in [-0.1, -0.05) is 42.5 Å². The molecule has 0 radical (unpaired) electrons. The van der Waals surface area contributed by atoms with E-state index in [0.717, 1.165) is 60.1 Å². The number of carbonyl (C=O) groups excluding carboxylic acids is 2. The van der Waals surface area contributed by atoms with Crippen LogP contribution in [0.5, 0.6) is 5.75 Å². The highest BCUT2D eigenvalue weighted by molar-refractivity contribution is 6.10. The lowest BCUT2D eigenvalue weighted by Gasteiger charge is -2.27. The summed E-state index contributed by atoms with van der Waals surface area (Å²) >= 11 is 0. The fourth-order valence-corrected chi connectivity index (χ4v) is 4.89. The van der Waals surface area contributed by atoms with E-state index in [0.29, 0.717) is 24.3 Å². The summed E-state index contributed by atoms with van der Waals surface area (Å²) in [5, 5.41) is 4.94. The normalized spacial score (nSPS) is 14.9. The zero-order valence-electron chi connectivity index (χ0n) is 22.0. The molecule has 1 aliphatic heterocycles. The van der Waals surface area contributed by atoms with Gasteiger partial charge < -0.3 is 19.4 Å². The molecule has 0 aliphatic carbocycles. The number of morpholine rings is 1. The molecule has 1 aromatic heterocycles. The molecule has 0 bridgehead atoms.